The second kappa shape index (κ2) is 3.14. The number of hydrazone groups is 1. The molecule has 0 radical (unpaired) electrons. The maximum absolute atomic E-state index is 4.42. The van der Waals surface area contributed by atoms with Gasteiger partial charge in [0.25, 0.3) is 0 Å². The van der Waals surface area contributed by atoms with E-state index in [0.717, 1.165) is 6.42 Å². The Hall–Kier alpha value is -0.830. The van der Waals surface area contributed by atoms with Gasteiger partial charge in [-0.15, -0.1) is 11.3 Å². The van der Waals surface area contributed by atoms with Crippen LogP contribution in [-0.4, -0.2) is 17.8 Å². The third-order valence-corrected chi connectivity index (χ3v) is 3.59. The van der Waals surface area contributed by atoms with Crippen molar-refractivity contribution in [1.29, 1.82) is 0 Å². The average molecular weight is 194 g/mol. The number of thiophene rings is 1. The Bertz CT molecular complexity index is 340. The molecule has 1 aliphatic rings. The molecule has 0 saturated heterocycles. The summed E-state index contributed by atoms with van der Waals surface area (Å²) in [6.07, 6.45) is 1.08. The highest BCUT2D eigenvalue weighted by molar-refractivity contribution is 7.10. The number of hydrogen-bond donors (Lipinski definition) is 0. The first-order chi connectivity index (χ1) is 6.18. The van der Waals surface area contributed by atoms with Crippen LogP contribution in [0.5, 0.6) is 0 Å². The third kappa shape index (κ3) is 1.48. The van der Waals surface area contributed by atoms with Gasteiger partial charge in [-0.2, -0.15) is 5.10 Å². The first kappa shape index (κ1) is 8.75. The van der Waals surface area contributed by atoms with Crippen LogP contribution >= 0.6 is 11.3 Å². The summed E-state index contributed by atoms with van der Waals surface area (Å²) < 4.78 is 0. The molecule has 1 aliphatic heterocycles. The van der Waals surface area contributed by atoms with Gasteiger partial charge in [-0.3, -0.25) is 5.01 Å². The summed E-state index contributed by atoms with van der Waals surface area (Å²) in [5, 5.41) is 8.66. The molecule has 13 heavy (non-hydrogen) atoms. The van der Waals surface area contributed by atoms with E-state index in [1.54, 1.807) is 0 Å². The van der Waals surface area contributed by atoms with Gasteiger partial charge in [0.1, 0.15) is 0 Å². The number of hydrogen-bond acceptors (Lipinski definition) is 3. The molecule has 0 spiro atoms. The fourth-order valence-corrected chi connectivity index (χ4v) is 2.85. The largest absolute Gasteiger partial charge is 0.291 e. The molecule has 1 atom stereocenters. The van der Waals surface area contributed by atoms with Gasteiger partial charge in [0.2, 0.25) is 0 Å². The monoisotopic (exact) mass is 194 g/mol. The van der Waals surface area contributed by atoms with Crippen molar-refractivity contribution in [3.63, 3.8) is 0 Å². The van der Waals surface area contributed by atoms with E-state index in [9.17, 15) is 0 Å². The Kier molecular flexibility index (Phi) is 2.12. The molecular weight excluding hydrogens is 180 g/mol. The van der Waals surface area contributed by atoms with Crippen molar-refractivity contribution in [2.75, 3.05) is 7.05 Å². The van der Waals surface area contributed by atoms with Gasteiger partial charge in [0.05, 0.1) is 6.04 Å². The summed E-state index contributed by atoms with van der Waals surface area (Å²) in [4.78, 5) is 1.46. The fourth-order valence-electron chi connectivity index (χ4n) is 1.78. The molecule has 1 unspecified atom stereocenters. The van der Waals surface area contributed by atoms with Gasteiger partial charge in [-0.1, -0.05) is 0 Å². The van der Waals surface area contributed by atoms with Crippen LogP contribution in [0.3, 0.4) is 0 Å². The van der Waals surface area contributed by atoms with E-state index < -0.39 is 0 Å². The van der Waals surface area contributed by atoms with Crippen molar-refractivity contribution in [3.8, 4) is 0 Å². The van der Waals surface area contributed by atoms with Gasteiger partial charge in [0.15, 0.2) is 0 Å². The summed E-state index contributed by atoms with van der Waals surface area (Å²) in [6, 6.07) is 2.67. The molecule has 3 heteroatoms. The van der Waals surface area contributed by atoms with E-state index in [-0.39, 0.29) is 0 Å². The standard InChI is InChI=1S/C10H14N2S/c1-7-4-5-13-10(7)9-6-8(2)11-12(9)3/h4-5,9H,6H2,1-3H3. The molecule has 0 aliphatic carbocycles. The Morgan fingerprint density at radius 2 is 2.31 bits per heavy atom. The number of nitrogens with zero attached hydrogens (tertiary/aromatic N) is 2. The summed E-state index contributed by atoms with van der Waals surface area (Å²) in [7, 11) is 2.06. The summed E-state index contributed by atoms with van der Waals surface area (Å²) >= 11 is 1.84. The maximum atomic E-state index is 4.42. The molecule has 0 fully saturated rings. The van der Waals surface area contributed by atoms with E-state index in [2.05, 4.69) is 42.5 Å². The second-order valence-corrected chi connectivity index (χ2v) is 4.54. The minimum Gasteiger partial charge on any atom is -0.291 e. The third-order valence-electron chi connectivity index (χ3n) is 2.47. The fraction of sp³-hybridized carbons (Fsp3) is 0.500. The predicted octanol–water partition coefficient (Wildman–Crippen LogP) is 2.81. The SMILES string of the molecule is CC1=NN(C)C(c2sccc2C)C1. The summed E-state index contributed by atoms with van der Waals surface area (Å²) in [5.41, 5.74) is 2.63. The lowest BCUT2D eigenvalue weighted by Gasteiger charge is -2.18. The van der Waals surface area contributed by atoms with Crippen LogP contribution in [0.25, 0.3) is 0 Å². The van der Waals surface area contributed by atoms with Crippen molar-refractivity contribution in [3.05, 3.63) is 21.9 Å². The molecule has 2 nitrogen and oxygen atoms in total. The molecule has 1 aromatic heterocycles. The van der Waals surface area contributed by atoms with E-state index in [1.165, 1.54) is 16.2 Å². The van der Waals surface area contributed by atoms with Crippen molar-refractivity contribution in [1.82, 2.24) is 5.01 Å². The molecule has 0 bridgehead atoms. The molecule has 0 N–H and O–H groups in total. The van der Waals surface area contributed by atoms with Crippen LogP contribution in [-0.2, 0) is 0 Å². The molecule has 0 aromatic carbocycles. The van der Waals surface area contributed by atoms with Gasteiger partial charge in [0, 0.05) is 24.1 Å². The van der Waals surface area contributed by atoms with Gasteiger partial charge in [-0.05, 0) is 30.9 Å². The molecule has 2 heterocycles. The highest BCUT2D eigenvalue weighted by atomic mass is 32.1. The Morgan fingerprint density at radius 1 is 1.54 bits per heavy atom. The molecule has 70 valence electrons. The van der Waals surface area contributed by atoms with Crippen molar-refractivity contribution in [2.45, 2.75) is 26.3 Å². The Balaban J connectivity index is 2.25. The van der Waals surface area contributed by atoms with Crippen LogP contribution in [0.15, 0.2) is 16.5 Å². The normalized spacial score (nSPS) is 22.2. The molecule has 0 amide bonds. The Labute approximate surface area is 82.9 Å². The maximum Gasteiger partial charge on any atom is 0.0864 e. The van der Waals surface area contributed by atoms with Gasteiger partial charge < -0.3 is 0 Å². The van der Waals surface area contributed by atoms with Crippen molar-refractivity contribution in [2.24, 2.45) is 5.10 Å². The predicted molar refractivity (Wildman–Crippen MR) is 57.3 cm³/mol. The smallest absolute Gasteiger partial charge is 0.0864 e. The number of aryl methyl sites for hydroxylation is 1. The summed E-state index contributed by atoms with van der Waals surface area (Å²) in [6.45, 7) is 4.27. The lowest BCUT2D eigenvalue weighted by molar-refractivity contribution is 0.293. The lowest BCUT2D eigenvalue weighted by atomic mass is 10.1. The minimum atomic E-state index is 0.486. The summed E-state index contributed by atoms with van der Waals surface area (Å²) in [5.74, 6) is 0. The highest BCUT2D eigenvalue weighted by Gasteiger charge is 2.24. The minimum absolute atomic E-state index is 0.486. The molecule has 1 aromatic rings. The topological polar surface area (TPSA) is 15.6 Å². The van der Waals surface area contributed by atoms with E-state index in [1.807, 2.05) is 11.3 Å². The van der Waals surface area contributed by atoms with Crippen molar-refractivity contribution < 1.29 is 0 Å². The zero-order valence-electron chi connectivity index (χ0n) is 8.24. The van der Waals surface area contributed by atoms with E-state index in [0.29, 0.717) is 6.04 Å². The first-order valence-electron chi connectivity index (χ1n) is 4.49. The Morgan fingerprint density at radius 3 is 2.77 bits per heavy atom. The average Bonchev–Trinajstić information content (AvgIpc) is 2.58. The van der Waals surface area contributed by atoms with Crippen molar-refractivity contribution >= 4 is 17.0 Å². The highest BCUT2D eigenvalue weighted by Crippen LogP contribution is 2.34. The van der Waals surface area contributed by atoms with Crippen LogP contribution in [0.2, 0.25) is 0 Å². The second-order valence-electron chi connectivity index (χ2n) is 3.60. The van der Waals surface area contributed by atoms with E-state index >= 15 is 0 Å². The molecule has 0 saturated carbocycles. The zero-order valence-corrected chi connectivity index (χ0v) is 9.06. The quantitative estimate of drug-likeness (QED) is 0.671. The van der Waals surface area contributed by atoms with E-state index in [4.69, 9.17) is 0 Å². The van der Waals surface area contributed by atoms with Crippen LogP contribution < -0.4 is 0 Å². The van der Waals surface area contributed by atoms with Crippen LogP contribution in [0.4, 0.5) is 0 Å². The first-order valence-corrected chi connectivity index (χ1v) is 5.37. The van der Waals surface area contributed by atoms with Gasteiger partial charge in [-0.25, -0.2) is 0 Å². The zero-order chi connectivity index (χ0) is 9.42. The van der Waals surface area contributed by atoms with Gasteiger partial charge >= 0.3 is 0 Å². The van der Waals surface area contributed by atoms with Crippen LogP contribution in [0, 0.1) is 6.92 Å². The van der Waals surface area contributed by atoms with Crippen LogP contribution in [0.1, 0.15) is 29.8 Å². The molecule has 2 rings (SSSR count). The number of rotatable bonds is 1. The lowest BCUT2D eigenvalue weighted by Crippen LogP contribution is -2.13. The molecular formula is C10H14N2S.